The number of tetrazole rings is 1. The van der Waals surface area contributed by atoms with Gasteiger partial charge in [0.15, 0.2) is 11.7 Å². The highest BCUT2D eigenvalue weighted by Gasteiger charge is 2.22. The quantitative estimate of drug-likeness (QED) is 0.590. The van der Waals surface area contributed by atoms with Crippen LogP contribution in [-0.2, 0) is 11.3 Å². The predicted molar refractivity (Wildman–Crippen MR) is 110 cm³/mol. The molecule has 0 aliphatic carbocycles. The summed E-state index contributed by atoms with van der Waals surface area (Å²) >= 11 is 11.3. The van der Waals surface area contributed by atoms with Gasteiger partial charge in [0.05, 0.1) is 21.8 Å². The molecular weight excluding hydrogens is 470 g/mol. The van der Waals surface area contributed by atoms with Crippen LogP contribution in [0.3, 0.4) is 0 Å². The summed E-state index contributed by atoms with van der Waals surface area (Å²) < 4.78 is 1.00. The van der Waals surface area contributed by atoms with Crippen molar-refractivity contribution in [3.63, 3.8) is 0 Å². The lowest BCUT2D eigenvalue weighted by molar-refractivity contribution is -0.138. The van der Waals surface area contributed by atoms with Gasteiger partial charge in [0.25, 0.3) is 0 Å². The summed E-state index contributed by atoms with van der Waals surface area (Å²) in [5, 5.41) is 22.2. The lowest BCUT2D eigenvalue weighted by Crippen LogP contribution is -2.46. The molecule has 0 amide bonds. The Kier molecular flexibility index (Phi) is 5.47. The van der Waals surface area contributed by atoms with Crippen molar-refractivity contribution in [2.45, 2.75) is 6.54 Å². The molecule has 0 atom stereocenters. The van der Waals surface area contributed by atoms with Crippen molar-refractivity contribution >= 4 is 55.7 Å². The van der Waals surface area contributed by atoms with Gasteiger partial charge in [-0.15, -0.1) is 10.2 Å². The molecular formula is C16H15BrClN7O2S. The molecule has 1 N–H and O–H groups in total. The van der Waals surface area contributed by atoms with Gasteiger partial charge in [-0.25, -0.2) is 4.98 Å². The molecule has 0 radical (unpaired) electrons. The van der Waals surface area contributed by atoms with E-state index in [4.69, 9.17) is 16.7 Å². The van der Waals surface area contributed by atoms with E-state index >= 15 is 0 Å². The van der Waals surface area contributed by atoms with Gasteiger partial charge in [-0.3, -0.25) is 4.79 Å². The standard InChI is InChI=1S/C16H15BrClN7O2S/c17-10-1-2-11(18)12(7-10)23-3-5-24(6-4-23)16-19-8-13(28-16)15-20-22-25(21-15)9-14(26)27/h1-2,7-8H,3-6,9H2,(H,26,27). The van der Waals surface area contributed by atoms with Crippen LogP contribution in [0.15, 0.2) is 28.9 Å². The Morgan fingerprint density at radius 3 is 2.75 bits per heavy atom. The van der Waals surface area contributed by atoms with Crippen molar-refractivity contribution in [1.29, 1.82) is 0 Å². The molecule has 3 heterocycles. The van der Waals surface area contributed by atoms with Gasteiger partial charge in [0.2, 0.25) is 5.82 Å². The van der Waals surface area contributed by atoms with Crippen LogP contribution in [0.1, 0.15) is 0 Å². The second kappa shape index (κ2) is 8.02. The fourth-order valence-electron chi connectivity index (χ4n) is 2.91. The molecule has 3 aromatic rings. The smallest absolute Gasteiger partial charge is 0.327 e. The third kappa shape index (κ3) is 4.10. The molecule has 1 aliphatic rings. The number of nitrogens with zero attached hydrogens (tertiary/aromatic N) is 7. The highest BCUT2D eigenvalue weighted by molar-refractivity contribution is 9.10. The molecule has 146 valence electrons. The largest absolute Gasteiger partial charge is 0.480 e. The number of aliphatic carboxylic acids is 1. The minimum atomic E-state index is -1.02. The van der Waals surface area contributed by atoms with Gasteiger partial charge in [-0.05, 0) is 23.4 Å². The molecule has 1 saturated heterocycles. The molecule has 0 spiro atoms. The van der Waals surface area contributed by atoms with E-state index in [0.29, 0.717) is 5.82 Å². The molecule has 1 aromatic carbocycles. The Balaban J connectivity index is 1.42. The first-order valence-electron chi connectivity index (χ1n) is 8.40. The predicted octanol–water partition coefficient (Wildman–Crippen LogP) is 2.62. The molecule has 9 nitrogen and oxygen atoms in total. The number of halogens is 2. The third-order valence-electron chi connectivity index (χ3n) is 4.24. The number of aromatic nitrogens is 5. The van der Waals surface area contributed by atoms with Crippen molar-refractivity contribution in [2.24, 2.45) is 0 Å². The summed E-state index contributed by atoms with van der Waals surface area (Å²) in [6.07, 6.45) is 1.69. The van der Waals surface area contributed by atoms with E-state index in [1.807, 2.05) is 18.2 Å². The van der Waals surface area contributed by atoms with Crippen LogP contribution in [0.25, 0.3) is 10.7 Å². The molecule has 2 aromatic heterocycles. The van der Waals surface area contributed by atoms with Gasteiger partial charge in [-0.1, -0.05) is 38.9 Å². The van der Waals surface area contributed by atoms with Crippen LogP contribution in [0.5, 0.6) is 0 Å². The lowest BCUT2D eigenvalue weighted by Gasteiger charge is -2.36. The molecule has 28 heavy (non-hydrogen) atoms. The number of thiazole rings is 1. The Labute approximate surface area is 177 Å². The summed E-state index contributed by atoms with van der Waals surface area (Å²) in [7, 11) is 0. The minimum Gasteiger partial charge on any atom is -0.480 e. The Hall–Kier alpha value is -2.24. The van der Waals surface area contributed by atoms with E-state index < -0.39 is 5.97 Å². The van der Waals surface area contributed by atoms with E-state index in [9.17, 15) is 4.79 Å². The van der Waals surface area contributed by atoms with Gasteiger partial charge in [0.1, 0.15) is 0 Å². The summed E-state index contributed by atoms with van der Waals surface area (Å²) in [6, 6.07) is 5.86. The van der Waals surface area contributed by atoms with E-state index in [0.717, 1.165) is 56.2 Å². The molecule has 1 aliphatic heterocycles. The highest BCUT2D eigenvalue weighted by atomic mass is 79.9. The van der Waals surface area contributed by atoms with Crippen molar-refractivity contribution in [3.05, 3.63) is 33.9 Å². The molecule has 0 saturated carbocycles. The van der Waals surface area contributed by atoms with Gasteiger partial charge < -0.3 is 14.9 Å². The third-order valence-corrected chi connectivity index (χ3v) is 6.11. The van der Waals surface area contributed by atoms with Crippen LogP contribution < -0.4 is 9.80 Å². The number of carboxylic acid groups (broad SMARTS) is 1. The molecule has 12 heteroatoms. The number of piperazine rings is 1. The second-order valence-electron chi connectivity index (χ2n) is 6.11. The first-order chi connectivity index (χ1) is 13.5. The van der Waals surface area contributed by atoms with E-state index in [-0.39, 0.29) is 6.54 Å². The average molecular weight is 485 g/mol. The first-order valence-corrected chi connectivity index (χ1v) is 10.4. The SMILES string of the molecule is O=C(O)Cn1nnc(-c2cnc(N3CCN(c4cc(Br)ccc4Cl)CC3)s2)n1. The number of hydrogen-bond acceptors (Lipinski definition) is 8. The Bertz CT molecular complexity index is 1000. The number of carbonyl (C=O) groups is 1. The minimum absolute atomic E-state index is 0.321. The number of carboxylic acids is 1. The lowest BCUT2D eigenvalue weighted by atomic mass is 10.2. The van der Waals surface area contributed by atoms with E-state index in [1.165, 1.54) is 11.3 Å². The summed E-state index contributed by atoms with van der Waals surface area (Å²) in [5.41, 5.74) is 1.02. The maximum Gasteiger partial charge on any atom is 0.327 e. The number of rotatable bonds is 5. The van der Waals surface area contributed by atoms with Gasteiger partial charge in [-0.2, -0.15) is 4.80 Å². The Morgan fingerprint density at radius 1 is 1.25 bits per heavy atom. The van der Waals surface area contributed by atoms with E-state index in [1.54, 1.807) is 6.20 Å². The maximum absolute atomic E-state index is 10.7. The van der Waals surface area contributed by atoms with Gasteiger partial charge >= 0.3 is 5.97 Å². The van der Waals surface area contributed by atoms with Crippen LogP contribution in [0.4, 0.5) is 10.8 Å². The fourth-order valence-corrected chi connectivity index (χ4v) is 4.39. The van der Waals surface area contributed by atoms with Crippen molar-refractivity contribution in [1.82, 2.24) is 25.2 Å². The first kappa shape index (κ1) is 19.1. The monoisotopic (exact) mass is 483 g/mol. The molecule has 0 unspecified atom stereocenters. The van der Waals surface area contributed by atoms with Crippen LogP contribution in [0.2, 0.25) is 5.02 Å². The zero-order chi connectivity index (χ0) is 19.7. The average Bonchev–Trinajstić information content (AvgIpc) is 3.33. The summed E-state index contributed by atoms with van der Waals surface area (Å²) in [6.45, 7) is 2.97. The van der Waals surface area contributed by atoms with Gasteiger partial charge in [0, 0.05) is 30.7 Å². The maximum atomic E-state index is 10.7. The topological polar surface area (TPSA) is 100 Å². The molecule has 4 rings (SSSR count). The summed E-state index contributed by atoms with van der Waals surface area (Å²) in [4.78, 5) is 21.5. The Morgan fingerprint density at radius 2 is 2.00 bits per heavy atom. The van der Waals surface area contributed by atoms with Crippen molar-refractivity contribution in [2.75, 3.05) is 36.0 Å². The number of hydrogen-bond donors (Lipinski definition) is 1. The zero-order valence-corrected chi connectivity index (χ0v) is 17.7. The van der Waals surface area contributed by atoms with Crippen molar-refractivity contribution in [3.8, 4) is 10.7 Å². The zero-order valence-electron chi connectivity index (χ0n) is 14.5. The van der Waals surface area contributed by atoms with Crippen LogP contribution >= 0.6 is 38.9 Å². The van der Waals surface area contributed by atoms with Crippen LogP contribution in [-0.4, -0.2) is 62.4 Å². The van der Waals surface area contributed by atoms with E-state index in [2.05, 4.69) is 46.1 Å². The fraction of sp³-hybridized carbons (Fsp3) is 0.312. The highest BCUT2D eigenvalue weighted by Crippen LogP contribution is 2.32. The number of anilines is 2. The normalized spacial score (nSPS) is 14.5. The summed E-state index contributed by atoms with van der Waals surface area (Å²) in [5.74, 6) is -0.637. The molecule has 0 bridgehead atoms. The second-order valence-corrected chi connectivity index (χ2v) is 8.45. The van der Waals surface area contributed by atoms with Crippen molar-refractivity contribution < 1.29 is 9.90 Å². The number of benzene rings is 1. The molecule has 1 fully saturated rings. The van der Waals surface area contributed by atoms with Crippen LogP contribution in [0, 0.1) is 0 Å².